The molecule has 16 heavy (non-hydrogen) atoms. The van der Waals surface area contributed by atoms with Gasteiger partial charge in [-0.25, -0.2) is 4.79 Å². The molecule has 0 aromatic carbocycles. The molecule has 0 saturated heterocycles. The first-order chi connectivity index (χ1) is 7.54. The van der Waals surface area contributed by atoms with Crippen molar-refractivity contribution in [1.82, 2.24) is 4.90 Å². The Hall–Kier alpha value is -1.10. The van der Waals surface area contributed by atoms with Gasteiger partial charge in [-0.3, -0.25) is 4.79 Å². The Bertz CT molecular complexity index is 271. The van der Waals surface area contributed by atoms with Gasteiger partial charge >= 0.3 is 5.97 Å². The predicted octanol–water partition coefficient (Wildman–Crippen LogP) is 0.879. The first-order valence-corrected chi connectivity index (χ1v) is 5.53. The molecule has 0 heterocycles. The average Bonchev–Trinajstić information content (AvgIpc) is 2.29. The Morgan fingerprint density at radius 3 is 2.31 bits per heavy atom. The quantitative estimate of drug-likeness (QED) is 0.777. The number of amides is 1. The molecule has 92 valence electrons. The number of rotatable bonds is 4. The standard InChI is InChI=1S/C11H19NO4/c1-12(9(13)8-16-2)11(10(14)15)6-4-3-5-7-11/h3-8H2,1-2H3,(H,14,15). The number of ether oxygens (including phenoxy) is 1. The van der Waals surface area contributed by atoms with Crippen molar-refractivity contribution in [2.24, 2.45) is 0 Å². The Balaban J connectivity index is 2.83. The minimum Gasteiger partial charge on any atom is -0.479 e. The van der Waals surface area contributed by atoms with Crippen molar-refractivity contribution < 1.29 is 19.4 Å². The Kier molecular flexibility index (Phi) is 4.29. The lowest BCUT2D eigenvalue weighted by Crippen LogP contribution is -2.57. The number of hydrogen-bond donors (Lipinski definition) is 1. The molecule has 0 aromatic heterocycles. The molecule has 1 amide bonds. The van der Waals surface area contributed by atoms with E-state index in [1.54, 1.807) is 7.05 Å². The van der Waals surface area contributed by atoms with E-state index in [2.05, 4.69) is 0 Å². The number of likely N-dealkylation sites (N-methyl/N-ethyl adjacent to an activating group) is 1. The van der Waals surface area contributed by atoms with Crippen LogP contribution < -0.4 is 0 Å². The number of carbonyl (C=O) groups is 2. The van der Waals surface area contributed by atoms with Crippen LogP contribution in [0.1, 0.15) is 32.1 Å². The zero-order valence-electron chi connectivity index (χ0n) is 9.86. The topological polar surface area (TPSA) is 66.8 Å². The highest BCUT2D eigenvalue weighted by atomic mass is 16.5. The summed E-state index contributed by atoms with van der Waals surface area (Å²) in [6.07, 6.45) is 3.83. The van der Waals surface area contributed by atoms with Crippen LogP contribution in [0.25, 0.3) is 0 Å². The van der Waals surface area contributed by atoms with E-state index >= 15 is 0 Å². The van der Waals surface area contributed by atoms with Gasteiger partial charge in [0.15, 0.2) is 0 Å². The summed E-state index contributed by atoms with van der Waals surface area (Å²) >= 11 is 0. The number of hydrogen-bond acceptors (Lipinski definition) is 3. The Labute approximate surface area is 95.4 Å². The summed E-state index contributed by atoms with van der Waals surface area (Å²) in [4.78, 5) is 24.4. The van der Waals surface area contributed by atoms with E-state index < -0.39 is 11.5 Å². The van der Waals surface area contributed by atoms with Gasteiger partial charge in [0.05, 0.1) is 0 Å². The second-order valence-electron chi connectivity index (χ2n) is 4.28. The molecule has 0 spiro atoms. The maximum absolute atomic E-state index is 11.7. The van der Waals surface area contributed by atoms with Gasteiger partial charge in [-0.1, -0.05) is 19.3 Å². The molecule has 0 unspecified atom stereocenters. The van der Waals surface area contributed by atoms with E-state index in [1.165, 1.54) is 12.0 Å². The van der Waals surface area contributed by atoms with Gasteiger partial charge in [-0.2, -0.15) is 0 Å². The van der Waals surface area contributed by atoms with Crippen molar-refractivity contribution in [2.45, 2.75) is 37.6 Å². The van der Waals surface area contributed by atoms with Crippen LogP contribution in [-0.2, 0) is 14.3 Å². The molecule has 1 aliphatic carbocycles. The number of methoxy groups -OCH3 is 1. The maximum Gasteiger partial charge on any atom is 0.329 e. The van der Waals surface area contributed by atoms with Crippen LogP contribution in [0.5, 0.6) is 0 Å². The number of aliphatic carboxylic acids is 1. The van der Waals surface area contributed by atoms with Gasteiger partial charge in [-0.05, 0) is 12.8 Å². The van der Waals surface area contributed by atoms with E-state index in [0.717, 1.165) is 19.3 Å². The highest BCUT2D eigenvalue weighted by Crippen LogP contribution is 2.33. The Morgan fingerprint density at radius 1 is 1.31 bits per heavy atom. The summed E-state index contributed by atoms with van der Waals surface area (Å²) in [6, 6.07) is 0. The zero-order valence-corrected chi connectivity index (χ0v) is 9.86. The van der Waals surface area contributed by atoms with Crippen LogP contribution in [-0.4, -0.2) is 48.2 Å². The molecule has 1 fully saturated rings. The van der Waals surface area contributed by atoms with Gasteiger partial charge < -0.3 is 14.7 Å². The first-order valence-electron chi connectivity index (χ1n) is 5.53. The van der Waals surface area contributed by atoms with Gasteiger partial charge in [0, 0.05) is 14.2 Å². The normalized spacial score (nSPS) is 19.1. The molecule has 1 aliphatic rings. The summed E-state index contributed by atoms with van der Waals surface area (Å²) in [5.74, 6) is -1.18. The van der Waals surface area contributed by atoms with E-state index in [1.807, 2.05) is 0 Å². The third kappa shape index (κ3) is 2.35. The smallest absolute Gasteiger partial charge is 0.329 e. The summed E-state index contributed by atoms with van der Waals surface area (Å²) < 4.78 is 4.76. The van der Waals surface area contributed by atoms with Crippen LogP contribution in [0.2, 0.25) is 0 Å². The van der Waals surface area contributed by atoms with E-state index in [0.29, 0.717) is 12.8 Å². The molecule has 5 heteroatoms. The number of carboxylic acids is 1. The molecular weight excluding hydrogens is 210 g/mol. The van der Waals surface area contributed by atoms with Crippen molar-refractivity contribution in [3.05, 3.63) is 0 Å². The average molecular weight is 229 g/mol. The fraction of sp³-hybridized carbons (Fsp3) is 0.818. The molecule has 0 aromatic rings. The lowest BCUT2D eigenvalue weighted by molar-refractivity contribution is -0.161. The number of carbonyl (C=O) groups excluding carboxylic acids is 1. The summed E-state index contributed by atoms with van der Waals surface area (Å²) in [6.45, 7) is -0.0640. The zero-order chi connectivity index (χ0) is 12.2. The van der Waals surface area contributed by atoms with Crippen LogP contribution >= 0.6 is 0 Å². The maximum atomic E-state index is 11.7. The minimum absolute atomic E-state index is 0.0640. The largest absolute Gasteiger partial charge is 0.479 e. The fourth-order valence-corrected chi connectivity index (χ4v) is 2.29. The van der Waals surface area contributed by atoms with Gasteiger partial charge in [0.2, 0.25) is 5.91 Å². The van der Waals surface area contributed by atoms with Crippen molar-refractivity contribution in [1.29, 1.82) is 0 Å². The lowest BCUT2D eigenvalue weighted by atomic mass is 9.80. The van der Waals surface area contributed by atoms with Crippen LogP contribution in [0.3, 0.4) is 0 Å². The fourth-order valence-electron chi connectivity index (χ4n) is 2.29. The Morgan fingerprint density at radius 2 is 1.88 bits per heavy atom. The molecule has 1 saturated carbocycles. The van der Waals surface area contributed by atoms with Crippen molar-refractivity contribution >= 4 is 11.9 Å². The second kappa shape index (κ2) is 5.30. The first kappa shape index (κ1) is 13.0. The van der Waals surface area contributed by atoms with Gasteiger partial charge in [-0.15, -0.1) is 0 Å². The van der Waals surface area contributed by atoms with E-state index in [9.17, 15) is 14.7 Å². The second-order valence-corrected chi connectivity index (χ2v) is 4.28. The van der Waals surface area contributed by atoms with Gasteiger partial charge in [0.25, 0.3) is 0 Å². The minimum atomic E-state index is -1.02. The van der Waals surface area contributed by atoms with Gasteiger partial charge in [0.1, 0.15) is 12.1 Å². The van der Waals surface area contributed by atoms with Crippen LogP contribution in [0, 0.1) is 0 Å². The monoisotopic (exact) mass is 229 g/mol. The summed E-state index contributed by atoms with van der Waals surface area (Å²) in [7, 11) is 2.99. The molecule has 1 N–H and O–H groups in total. The molecule has 0 atom stereocenters. The lowest BCUT2D eigenvalue weighted by Gasteiger charge is -2.40. The van der Waals surface area contributed by atoms with E-state index in [4.69, 9.17) is 4.74 Å². The van der Waals surface area contributed by atoms with Crippen molar-refractivity contribution in [2.75, 3.05) is 20.8 Å². The van der Waals surface area contributed by atoms with Crippen LogP contribution in [0.4, 0.5) is 0 Å². The molecule has 0 radical (unpaired) electrons. The van der Waals surface area contributed by atoms with E-state index in [-0.39, 0.29) is 12.5 Å². The molecule has 5 nitrogen and oxygen atoms in total. The molecule has 1 rings (SSSR count). The SMILES string of the molecule is COCC(=O)N(C)C1(C(=O)O)CCCCC1. The third-order valence-electron chi connectivity index (χ3n) is 3.36. The third-order valence-corrected chi connectivity index (χ3v) is 3.36. The van der Waals surface area contributed by atoms with Crippen molar-refractivity contribution in [3.63, 3.8) is 0 Å². The number of carboxylic acid groups (broad SMARTS) is 1. The molecule has 0 aliphatic heterocycles. The van der Waals surface area contributed by atoms with Crippen molar-refractivity contribution in [3.8, 4) is 0 Å². The highest BCUT2D eigenvalue weighted by molar-refractivity contribution is 5.87. The summed E-state index contributed by atoms with van der Waals surface area (Å²) in [5, 5.41) is 9.34. The predicted molar refractivity (Wildman–Crippen MR) is 58.1 cm³/mol. The highest BCUT2D eigenvalue weighted by Gasteiger charge is 2.45. The van der Waals surface area contributed by atoms with Crippen LogP contribution in [0.15, 0.2) is 0 Å². The summed E-state index contributed by atoms with van der Waals surface area (Å²) in [5.41, 5.74) is -1.02. The molecule has 0 bridgehead atoms. The molecular formula is C11H19NO4. The number of nitrogens with zero attached hydrogens (tertiary/aromatic N) is 1.